The number of amides is 1. The summed E-state index contributed by atoms with van der Waals surface area (Å²) in [6, 6.07) is 11.4. The fourth-order valence-electron chi connectivity index (χ4n) is 2.02. The van der Waals surface area contributed by atoms with Gasteiger partial charge in [-0.05, 0) is 31.5 Å². The van der Waals surface area contributed by atoms with Crippen molar-refractivity contribution in [3.8, 4) is 11.8 Å². The van der Waals surface area contributed by atoms with E-state index in [0.717, 1.165) is 16.9 Å². The number of hydrogen-bond donors (Lipinski definition) is 3. The van der Waals surface area contributed by atoms with Gasteiger partial charge in [-0.2, -0.15) is 0 Å². The SMILES string of the molecule is CC(C)(O)C#Cc1ccc(C(=O)N[C@@H](Cc2ccccc2)C(=O)O)s1. The molecule has 1 heterocycles. The predicted octanol–water partition coefficient (Wildman–Crippen LogP) is 2.30. The first-order chi connectivity index (χ1) is 11.7. The van der Waals surface area contributed by atoms with E-state index in [2.05, 4.69) is 17.2 Å². The fraction of sp³-hybridized carbons (Fsp3) is 0.263. The molecule has 0 aliphatic heterocycles. The Morgan fingerprint density at radius 2 is 1.88 bits per heavy atom. The van der Waals surface area contributed by atoms with Crippen LogP contribution in [0.5, 0.6) is 0 Å². The van der Waals surface area contributed by atoms with Crippen molar-refractivity contribution in [2.24, 2.45) is 0 Å². The summed E-state index contributed by atoms with van der Waals surface area (Å²) in [5.41, 5.74) is -0.283. The summed E-state index contributed by atoms with van der Waals surface area (Å²) in [4.78, 5) is 24.7. The molecule has 0 aliphatic carbocycles. The van der Waals surface area contributed by atoms with Crippen LogP contribution in [-0.4, -0.2) is 33.7 Å². The Bertz CT molecular complexity index is 809. The van der Waals surface area contributed by atoms with Crippen molar-refractivity contribution in [3.05, 3.63) is 57.8 Å². The number of nitrogens with one attached hydrogen (secondary N) is 1. The number of benzene rings is 1. The second kappa shape index (κ2) is 7.97. The van der Waals surface area contributed by atoms with Crippen molar-refractivity contribution < 1.29 is 19.8 Å². The van der Waals surface area contributed by atoms with Crippen LogP contribution in [-0.2, 0) is 11.2 Å². The molecule has 0 saturated carbocycles. The van der Waals surface area contributed by atoms with Crippen LogP contribution in [0.25, 0.3) is 0 Å². The highest BCUT2D eigenvalue weighted by Crippen LogP contribution is 2.16. The molecule has 0 bridgehead atoms. The Kier molecular flexibility index (Phi) is 5.97. The number of carbonyl (C=O) groups is 2. The third kappa shape index (κ3) is 6.07. The third-order valence-electron chi connectivity index (χ3n) is 3.21. The first kappa shape index (κ1) is 18.7. The molecule has 1 aromatic carbocycles. The smallest absolute Gasteiger partial charge is 0.326 e. The number of carboxylic acids is 1. The van der Waals surface area contributed by atoms with Crippen LogP contribution in [0.1, 0.15) is 34.0 Å². The zero-order chi connectivity index (χ0) is 18.4. The minimum absolute atomic E-state index is 0.207. The van der Waals surface area contributed by atoms with Crippen LogP contribution >= 0.6 is 11.3 Å². The van der Waals surface area contributed by atoms with Gasteiger partial charge < -0.3 is 15.5 Å². The fourth-order valence-corrected chi connectivity index (χ4v) is 2.78. The van der Waals surface area contributed by atoms with E-state index >= 15 is 0 Å². The first-order valence-electron chi connectivity index (χ1n) is 7.67. The molecular weight excluding hydrogens is 338 g/mol. The van der Waals surface area contributed by atoms with Gasteiger partial charge in [-0.1, -0.05) is 42.2 Å². The average molecular weight is 357 g/mol. The molecule has 1 atom stereocenters. The highest BCUT2D eigenvalue weighted by molar-refractivity contribution is 7.14. The maximum absolute atomic E-state index is 12.3. The first-order valence-corrected chi connectivity index (χ1v) is 8.49. The van der Waals surface area contributed by atoms with Crippen LogP contribution in [0.15, 0.2) is 42.5 Å². The molecule has 25 heavy (non-hydrogen) atoms. The van der Waals surface area contributed by atoms with E-state index in [9.17, 15) is 19.8 Å². The normalized spacial score (nSPS) is 12.0. The van der Waals surface area contributed by atoms with Gasteiger partial charge in [0.2, 0.25) is 0 Å². The molecule has 5 nitrogen and oxygen atoms in total. The highest BCUT2D eigenvalue weighted by atomic mass is 32.1. The Morgan fingerprint density at radius 1 is 1.20 bits per heavy atom. The minimum Gasteiger partial charge on any atom is -0.480 e. The Labute approximate surface area is 150 Å². The number of thiophene rings is 1. The van der Waals surface area contributed by atoms with Crippen LogP contribution in [0.2, 0.25) is 0 Å². The van der Waals surface area contributed by atoms with Crippen molar-refractivity contribution in [1.29, 1.82) is 0 Å². The third-order valence-corrected chi connectivity index (χ3v) is 4.21. The minimum atomic E-state index is -1.11. The summed E-state index contributed by atoms with van der Waals surface area (Å²) >= 11 is 1.15. The molecule has 2 rings (SSSR count). The van der Waals surface area contributed by atoms with Crippen LogP contribution in [0, 0.1) is 11.8 Å². The summed E-state index contributed by atoms with van der Waals surface area (Å²) in [7, 11) is 0. The lowest BCUT2D eigenvalue weighted by atomic mass is 10.1. The molecular formula is C19H19NO4S. The molecule has 1 aromatic heterocycles. The van der Waals surface area contributed by atoms with E-state index in [4.69, 9.17) is 0 Å². The van der Waals surface area contributed by atoms with E-state index in [0.29, 0.717) is 9.75 Å². The molecule has 6 heteroatoms. The number of hydrogen-bond acceptors (Lipinski definition) is 4. The van der Waals surface area contributed by atoms with Crippen molar-refractivity contribution >= 4 is 23.2 Å². The van der Waals surface area contributed by atoms with Crippen LogP contribution in [0.3, 0.4) is 0 Å². The topological polar surface area (TPSA) is 86.6 Å². The average Bonchev–Trinajstić information content (AvgIpc) is 3.01. The van der Waals surface area contributed by atoms with Gasteiger partial charge in [0.25, 0.3) is 5.91 Å². The lowest BCUT2D eigenvalue weighted by Gasteiger charge is -2.14. The molecule has 1 amide bonds. The number of rotatable bonds is 5. The van der Waals surface area contributed by atoms with Gasteiger partial charge in [0.15, 0.2) is 0 Å². The summed E-state index contributed by atoms with van der Waals surface area (Å²) in [5, 5.41) is 21.5. The lowest BCUT2D eigenvalue weighted by Crippen LogP contribution is -2.42. The highest BCUT2D eigenvalue weighted by Gasteiger charge is 2.22. The summed E-state index contributed by atoms with van der Waals surface area (Å²) in [6.45, 7) is 3.14. The number of aliphatic carboxylic acids is 1. The van der Waals surface area contributed by atoms with Gasteiger partial charge in [-0.15, -0.1) is 11.3 Å². The van der Waals surface area contributed by atoms with Gasteiger partial charge in [0, 0.05) is 6.42 Å². The second-order valence-electron chi connectivity index (χ2n) is 6.03. The van der Waals surface area contributed by atoms with E-state index in [1.807, 2.05) is 30.3 Å². The van der Waals surface area contributed by atoms with Crippen molar-refractivity contribution in [3.63, 3.8) is 0 Å². The molecule has 2 aromatic rings. The van der Waals surface area contributed by atoms with Crippen LogP contribution < -0.4 is 5.32 Å². The molecule has 0 saturated heterocycles. The van der Waals surface area contributed by atoms with Gasteiger partial charge >= 0.3 is 5.97 Å². The molecule has 0 fully saturated rings. The van der Waals surface area contributed by atoms with Gasteiger partial charge in [-0.3, -0.25) is 4.79 Å². The Hall–Kier alpha value is -2.62. The van der Waals surface area contributed by atoms with E-state index in [1.165, 1.54) is 0 Å². The van der Waals surface area contributed by atoms with E-state index in [1.54, 1.807) is 26.0 Å². The van der Waals surface area contributed by atoms with Crippen molar-refractivity contribution in [2.75, 3.05) is 0 Å². The summed E-state index contributed by atoms with van der Waals surface area (Å²) < 4.78 is 0. The van der Waals surface area contributed by atoms with Gasteiger partial charge in [0.1, 0.15) is 11.6 Å². The van der Waals surface area contributed by atoms with Gasteiger partial charge in [-0.25, -0.2) is 4.79 Å². The monoisotopic (exact) mass is 357 g/mol. The summed E-state index contributed by atoms with van der Waals surface area (Å²) in [5.74, 6) is 3.93. The Morgan fingerprint density at radius 3 is 2.48 bits per heavy atom. The summed E-state index contributed by atoms with van der Waals surface area (Å²) in [6.07, 6.45) is 0.207. The van der Waals surface area contributed by atoms with Crippen LogP contribution in [0.4, 0.5) is 0 Å². The quantitative estimate of drug-likeness (QED) is 0.717. The van der Waals surface area contributed by atoms with Crippen molar-refractivity contribution in [1.82, 2.24) is 5.32 Å². The molecule has 0 radical (unpaired) electrons. The molecule has 130 valence electrons. The largest absolute Gasteiger partial charge is 0.480 e. The zero-order valence-corrected chi connectivity index (χ0v) is 14.8. The Balaban J connectivity index is 2.07. The maximum atomic E-state index is 12.3. The van der Waals surface area contributed by atoms with Crippen molar-refractivity contribution in [2.45, 2.75) is 31.9 Å². The molecule has 0 spiro atoms. The zero-order valence-electron chi connectivity index (χ0n) is 13.9. The number of carbonyl (C=O) groups excluding carboxylic acids is 1. The van der Waals surface area contributed by atoms with E-state index < -0.39 is 23.5 Å². The molecule has 3 N–H and O–H groups in total. The van der Waals surface area contributed by atoms with E-state index in [-0.39, 0.29) is 6.42 Å². The predicted molar refractivity (Wildman–Crippen MR) is 96.5 cm³/mol. The second-order valence-corrected chi connectivity index (χ2v) is 7.11. The molecule has 0 unspecified atom stereocenters. The molecule has 0 aliphatic rings. The standard InChI is InChI=1S/C19H19NO4S/c1-19(2,24)11-10-14-8-9-16(25-14)17(21)20-15(18(22)23)12-13-6-4-3-5-7-13/h3-9,15,24H,12H2,1-2H3,(H,20,21)(H,22,23)/t15-/m0/s1. The number of aliphatic hydroxyl groups is 1. The number of carboxylic acid groups (broad SMARTS) is 1. The lowest BCUT2D eigenvalue weighted by molar-refractivity contribution is -0.139. The van der Waals surface area contributed by atoms with Gasteiger partial charge in [0.05, 0.1) is 9.75 Å². The maximum Gasteiger partial charge on any atom is 0.326 e.